The molecule has 0 radical (unpaired) electrons. The molecule has 2 atom stereocenters. The summed E-state index contributed by atoms with van der Waals surface area (Å²) < 4.78 is 0. The maximum atomic E-state index is 12.2. The number of nitrogens with two attached hydrogens (primary N) is 1. The van der Waals surface area contributed by atoms with Gasteiger partial charge in [-0.2, -0.15) is 5.10 Å². The summed E-state index contributed by atoms with van der Waals surface area (Å²) in [6, 6.07) is 0.0310. The van der Waals surface area contributed by atoms with Crippen LogP contribution in [0.1, 0.15) is 56.8 Å². The highest BCUT2D eigenvalue weighted by molar-refractivity contribution is 5.86. The number of carbonyl (C=O) groups excluding carboxylic acids is 1. The molecule has 1 amide bonds. The van der Waals surface area contributed by atoms with E-state index in [0.717, 1.165) is 31.4 Å². The van der Waals surface area contributed by atoms with Crippen LogP contribution in [0.5, 0.6) is 0 Å². The summed E-state index contributed by atoms with van der Waals surface area (Å²) in [6.45, 7) is 3.83. The number of H-pyrrole nitrogens is 1. The van der Waals surface area contributed by atoms with Gasteiger partial charge in [0.25, 0.3) is 0 Å². The number of aryl methyl sites for hydroxylation is 1. The fourth-order valence-electron chi connectivity index (χ4n) is 2.56. The van der Waals surface area contributed by atoms with Crippen LogP contribution in [0, 0.1) is 0 Å². The van der Waals surface area contributed by atoms with E-state index in [4.69, 9.17) is 5.73 Å². The standard InChI is InChI=1S/C13H22N4O.ClH/c1-3-7-13(2,14)12(18)16-10-6-4-5-9-8-15-17-11(9)10;/h8,10H,3-7,14H2,1-2H3,(H,15,17)(H,16,18);1H. The number of nitrogens with zero attached hydrogens (tertiary/aromatic N) is 1. The number of fused-ring (bicyclic) bond motifs is 1. The highest BCUT2D eigenvalue weighted by Gasteiger charge is 2.31. The summed E-state index contributed by atoms with van der Waals surface area (Å²) in [5, 5.41) is 10.1. The second-order valence-electron chi connectivity index (χ2n) is 5.39. The first-order valence-corrected chi connectivity index (χ1v) is 6.66. The number of carbonyl (C=O) groups is 1. The van der Waals surface area contributed by atoms with Crippen molar-refractivity contribution in [1.82, 2.24) is 15.5 Å². The van der Waals surface area contributed by atoms with Gasteiger partial charge in [0.2, 0.25) is 5.91 Å². The molecule has 0 bridgehead atoms. The van der Waals surface area contributed by atoms with E-state index in [-0.39, 0.29) is 24.4 Å². The summed E-state index contributed by atoms with van der Waals surface area (Å²) >= 11 is 0. The fourth-order valence-corrected chi connectivity index (χ4v) is 2.56. The Labute approximate surface area is 120 Å². The molecule has 1 aliphatic rings. The van der Waals surface area contributed by atoms with Crippen LogP contribution >= 0.6 is 12.4 Å². The number of hydrogen-bond donors (Lipinski definition) is 3. The highest BCUT2D eigenvalue weighted by atomic mass is 35.5. The van der Waals surface area contributed by atoms with Crippen molar-refractivity contribution >= 4 is 18.3 Å². The molecule has 0 saturated heterocycles. The van der Waals surface area contributed by atoms with E-state index in [1.165, 1.54) is 5.56 Å². The van der Waals surface area contributed by atoms with Gasteiger partial charge in [0, 0.05) is 0 Å². The van der Waals surface area contributed by atoms with Gasteiger partial charge in [-0.3, -0.25) is 9.89 Å². The number of amides is 1. The Bertz CT molecular complexity index is 430. The van der Waals surface area contributed by atoms with Crippen LogP contribution in [0.25, 0.3) is 0 Å². The molecule has 6 heteroatoms. The Hall–Kier alpha value is -1.07. The number of hydrogen-bond acceptors (Lipinski definition) is 3. The zero-order chi connectivity index (χ0) is 13.2. The fraction of sp³-hybridized carbons (Fsp3) is 0.692. The topological polar surface area (TPSA) is 83.8 Å². The van der Waals surface area contributed by atoms with Gasteiger partial charge in [-0.05, 0) is 38.2 Å². The molecule has 108 valence electrons. The molecule has 2 rings (SSSR count). The Kier molecular flexibility index (Phi) is 5.38. The third-order valence-corrected chi connectivity index (χ3v) is 3.63. The maximum absolute atomic E-state index is 12.2. The van der Waals surface area contributed by atoms with Gasteiger partial charge in [0.05, 0.1) is 23.5 Å². The van der Waals surface area contributed by atoms with Crippen molar-refractivity contribution in [2.45, 2.75) is 57.5 Å². The lowest BCUT2D eigenvalue weighted by Crippen LogP contribution is -2.52. The van der Waals surface area contributed by atoms with Crippen LogP contribution in [0.2, 0.25) is 0 Å². The van der Waals surface area contributed by atoms with Crippen molar-refractivity contribution in [3.8, 4) is 0 Å². The molecule has 4 N–H and O–H groups in total. The molecular formula is C13H23ClN4O. The van der Waals surface area contributed by atoms with Crippen molar-refractivity contribution in [1.29, 1.82) is 0 Å². The first kappa shape index (κ1) is 16.0. The van der Waals surface area contributed by atoms with Gasteiger partial charge in [-0.1, -0.05) is 13.3 Å². The Morgan fingerprint density at radius 3 is 3.11 bits per heavy atom. The van der Waals surface area contributed by atoms with E-state index in [1.807, 2.05) is 13.1 Å². The first-order chi connectivity index (χ1) is 8.54. The summed E-state index contributed by atoms with van der Waals surface area (Å²) in [5.41, 5.74) is 7.51. The summed E-state index contributed by atoms with van der Waals surface area (Å²) in [7, 11) is 0. The van der Waals surface area contributed by atoms with E-state index in [2.05, 4.69) is 15.5 Å². The molecule has 1 aromatic rings. The second-order valence-corrected chi connectivity index (χ2v) is 5.39. The molecule has 0 fully saturated rings. The molecule has 19 heavy (non-hydrogen) atoms. The van der Waals surface area contributed by atoms with Crippen molar-refractivity contribution in [3.63, 3.8) is 0 Å². The predicted octanol–water partition coefficient (Wildman–Crippen LogP) is 1.84. The summed E-state index contributed by atoms with van der Waals surface area (Å²) in [5.74, 6) is -0.0724. The third kappa shape index (κ3) is 3.48. The number of aromatic amines is 1. The Balaban J connectivity index is 0.00000180. The number of nitrogens with one attached hydrogen (secondary N) is 2. The van der Waals surface area contributed by atoms with Crippen LogP contribution in [0.4, 0.5) is 0 Å². The van der Waals surface area contributed by atoms with E-state index in [1.54, 1.807) is 6.92 Å². The highest BCUT2D eigenvalue weighted by Crippen LogP contribution is 2.28. The van der Waals surface area contributed by atoms with Gasteiger partial charge in [-0.25, -0.2) is 0 Å². The van der Waals surface area contributed by atoms with E-state index in [9.17, 15) is 4.79 Å². The molecule has 1 heterocycles. The monoisotopic (exact) mass is 286 g/mol. The molecule has 0 aromatic carbocycles. The normalized spacial score (nSPS) is 20.9. The van der Waals surface area contributed by atoms with Gasteiger partial charge < -0.3 is 11.1 Å². The minimum absolute atomic E-state index is 0. The van der Waals surface area contributed by atoms with Gasteiger partial charge in [0.1, 0.15) is 0 Å². The van der Waals surface area contributed by atoms with Crippen LogP contribution in [0.15, 0.2) is 6.20 Å². The minimum Gasteiger partial charge on any atom is -0.346 e. The lowest BCUT2D eigenvalue weighted by Gasteiger charge is -2.28. The predicted molar refractivity (Wildman–Crippen MR) is 77.2 cm³/mol. The van der Waals surface area contributed by atoms with E-state index in [0.29, 0.717) is 6.42 Å². The number of halogens is 1. The van der Waals surface area contributed by atoms with Crippen LogP contribution in [-0.4, -0.2) is 21.6 Å². The van der Waals surface area contributed by atoms with E-state index < -0.39 is 5.54 Å². The average molecular weight is 287 g/mol. The lowest BCUT2D eigenvalue weighted by molar-refractivity contribution is -0.127. The van der Waals surface area contributed by atoms with Crippen molar-refractivity contribution in [3.05, 3.63) is 17.5 Å². The molecule has 0 saturated carbocycles. The zero-order valence-corrected chi connectivity index (χ0v) is 12.3. The van der Waals surface area contributed by atoms with Gasteiger partial charge in [-0.15, -0.1) is 12.4 Å². The van der Waals surface area contributed by atoms with Crippen molar-refractivity contribution in [2.75, 3.05) is 0 Å². The second kappa shape index (κ2) is 6.39. The largest absolute Gasteiger partial charge is 0.346 e. The summed E-state index contributed by atoms with van der Waals surface area (Å²) in [4.78, 5) is 12.2. The minimum atomic E-state index is -0.785. The SMILES string of the molecule is CCCC(C)(N)C(=O)NC1CCCc2cn[nH]c21.Cl. The Morgan fingerprint density at radius 1 is 1.68 bits per heavy atom. The lowest BCUT2D eigenvalue weighted by atomic mass is 9.91. The molecule has 0 spiro atoms. The van der Waals surface area contributed by atoms with E-state index >= 15 is 0 Å². The zero-order valence-electron chi connectivity index (χ0n) is 11.5. The van der Waals surface area contributed by atoms with Gasteiger partial charge in [0.15, 0.2) is 0 Å². The van der Waals surface area contributed by atoms with Gasteiger partial charge >= 0.3 is 0 Å². The molecule has 1 aliphatic carbocycles. The van der Waals surface area contributed by atoms with Crippen LogP contribution in [-0.2, 0) is 11.2 Å². The molecule has 1 aromatic heterocycles. The Morgan fingerprint density at radius 2 is 2.42 bits per heavy atom. The quantitative estimate of drug-likeness (QED) is 0.790. The average Bonchev–Trinajstić information content (AvgIpc) is 2.78. The number of rotatable bonds is 4. The summed E-state index contributed by atoms with van der Waals surface area (Å²) in [6.07, 6.45) is 6.51. The van der Waals surface area contributed by atoms with Crippen molar-refractivity contribution < 1.29 is 4.79 Å². The van der Waals surface area contributed by atoms with Crippen LogP contribution < -0.4 is 11.1 Å². The first-order valence-electron chi connectivity index (χ1n) is 6.66. The molecule has 2 unspecified atom stereocenters. The number of aromatic nitrogens is 2. The maximum Gasteiger partial charge on any atom is 0.240 e. The molecular weight excluding hydrogens is 264 g/mol. The third-order valence-electron chi connectivity index (χ3n) is 3.63. The van der Waals surface area contributed by atoms with Crippen molar-refractivity contribution in [2.24, 2.45) is 5.73 Å². The van der Waals surface area contributed by atoms with Crippen LogP contribution in [0.3, 0.4) is 0 Å². The smallest absolute Gasteiger partial charge is 0.240 e. The molecule has 0 aliphatic heterocycles. The molecule has 5 nitrogen and oxygen atoms in total.